The zero-order valence-corrected chi connectivity index (χ0v) is 11.6. The highest BCUT2D eigenvalue weighted by molar-refractivity contribution is 7.16. The highest BCUT2D eigenvalue weighted by Gasteiger charge is 2.23. The number of ether oxygens (including phenoxy) is 1. The van der Waals surface area contributed by atoms with Gasteiger partial charge in [-0.05, 0) is 13.8 Å². The van der Waals surface area contributed by atoms with Crippen LogP contribution >= 0.6 is 11.3 Å². The van der Waals surface area contributed by atoms with Gasteiger partial charge >= 0.3 is 5.69 Å². The molecule has 1 aromatic heterocycles. The average molecular weight is 274 g/mol. The molecular formula is C11H18N2O4S. The highest BCUT2D eigenvalue weighted by atomic mass is 32.1. The van der Waals surface area contributed by atoms with E-state index in [1.807, 2.05) is 6.92 Å². The Morgan fingerprint density at radius 1 is 1.67 bits per heavy atom. The molecule has 0 amide bonds. The van der Waals surface area contributed by atoms with Crippen molar-refractivity contribution in [3.05, 3.63) is 21.1 Å². The number of hydrogen-bond acceptors (Lipinski definition) is 6. The molecule has 18 heavy (non-hydrogen) atoms. The van der Waals surface area contributed by atoms with Crippen LogP contribution in [0.15, 0.2) is 6.07 Å². The SMILES string of the molecule is CCOCCN(C)c1sc([C@H](C)O)cc1[N+](=O)[O-]. The van der Waals surface area contributed by atoms with Crippen LogP contribution in [0, 0.1) is 10.1 Å². The molecule has 6 nitrogen and oxygen atoms in total. The first-order valence-corrected chi connectivity index (χ1v) is 6.54. The van der Waals surface area contributed by atoms with Crippen molar-refractivity contribution in [1.82, 2.24) is 0 Å². The number of aliphatic hydroxyl groups is 1. The topological polar surface area (TPSA) is 75.8 Å². The second kappa shape index (κ2) is 6.67. The van der Waals surface area contributed by atoms with E-state index in [-0.39, 0.29) is 5.69 Å². The first-order valence-electron chi connectivity index (χ1n) is 5.72. The van der Waals surface area contributed by atoms with Gasteiger partial charge in [-0.2, -0.15) is 0 Å². The Balaban J connectivity index is 2.88. The summed E-state index contributed by atoms with van der Waals surface area (Å²) in [6, 6.07) is 1.43. The summed E-state index contributed by atoms with van der Waals surface area (Å²) in [4.78, 5) is 12.9. The maximum atomic E-state index is 11.0. The molecule has 0 spiro atoms. The van der Waals surface area contributed by atoms with Gasteiger partial charge in [0.2, 0.25) is 0 Å². The molecule has 0 unspecified atom stereocenters. The lowest BCUT2D eigenvalue weighted by atomic mass is 10.3. The van der Waals surface area contributed by atoms with Gasteiger partial charge in [-0.25, -0.2) is 0 Å². The quantitative estimate of drug-likeness (QED) is 0.468. The van der Waals surface area contributed by atoms with E-state index < -0.39 is 11.0 Å². The largest absolute Gasteiger partial charge is 0.388 e. The van der Waals surface area contributed by atoms with E-state index in [9.17, 15) is 15.2 Å². The van der Waals surface area contributed by atoms with Crippen LogP contribution in [-0.4, -0.2) is 36.8 Å². The van der Waals surface area contributed by atoms with E-state index in [0.717, 1.165) is 0 Å². The molecule has 0 aliphatic rings. The zero-order valence-electron chi connectivity index (χ0n) is 10.8. The van der Waals surface area contributed by atoms with Gasteiger partial charge in [0.25, 0.3) is 0 Å². The van der Waals surface area contributed by atoms with Crippen molar-refractivity contribution in [2.45, 2.75) is 20.0 Å². The van der Waals surface area contributed by atoms with Crippen molar-refractivity contribution >= 4 is 22.0 Å². The van der Waals surface area contributed by atoms with E-state index >= 15 is 0 Å². The second-order valence-corrected chi connectivity index (χ2v) is 4.95. The number of nitro groups is 1. The normalized spacial score (nSPS) is 12.4. The van der Waals surface area contributed by atoms with E-state index in [4.69, 9.17) is 4.74 Å². The number of likely N-dealkylation sites (N-methyl/N-ethyl adjacent to an activating group) is 1. The van der Waals surface area contributed by atoms with Gasteiger partial charge in [0, 0.05) is 31.1 Å². The average Bonchev–Trinajstić information content (AvgIpc) is 2.74. The summed E-state index contributed by atoms with van der Waals surface area (Å²) < 4.78 is 5.22. The van der Waals surface area contributed by atoms with Gasteiger partial charge in [0.1, 0.15) is 0 Å². The molecule has 0 aromatic carbocycles. The van der Waals surface area contributed by atoms with Crippen molar-refractivity contribution in [3.8, 4) is 0 Å². The lowest BCUT2D eigenvalue weighted by molar-refractivity contribution is -0.383. The zero-order chi connectivity index (χ0) is 13.7. The van der Waals surface area contributed by atoms with Crippen molar-refractivity contribution in [3.63, 3.8) is 0 Å². The van der Waals surface area contributed by atoms with Crippen LogP contribution in [-0.2, 0) is 4.74 Å². The number of thiophene rings is 1. The fraction of sp³-hybridized carbons (Fsp3) is 0.636. The molecule has 0 saturated heterocycles. The van der Waals surface area contributed by atoms with Crippen molar-refractivity contribution in [2.75, 3.05) is 31.7 Å². The van der Waals surface area contributed by atoms with Crippen LogP contribution in [0.1, 0.15) is 24.8 Å². The van der Waals surface area contributed by atoms with Crippen LogP contribution < -0.4 is 4.90 Å². The predicted molar refractivity (Wildman–Crippen MR) is 71.4 cm³/mol. The maximum absolute atomic E-state index is 11.0. The minimum absolute atomic E-state index is 0.0369. The van der Waals surface area contributed by atoms with Crippen molar-refractivity contribution in [1.29, 1.82) is 0 Å². The molecule has 1 heterocycles. The first kappa shape index (κ1) is 14.9. The van der Waals surface area contributed by atoms with E-state index in [2.05, 4.69) is 0 Å². The fourth-order valence-corrected chi connectivity index (χ4v) is 2.50. The predicted octanol–water partition coefficient (Wildman–Crippen LogP) is 2.18. The summed E-state index contributed by atoms with van der Waals surface area (Å²) in [5.41, 5.74) is 0.0369. The summed E-state index contributed by atoms with van der Waals surface area (Å²) in [6.45, 7) is 5.22. The Kier molecular flexibility index (Phi) is 5.52. The van der Waals surface area contributed by atoms with Crippen LogP contribution in [0.2, 0.25) is 0 Å². The van der Waals surface area contributed by atoms with Gasteiger partial charge in [0.05, 0.1) is 17.6 Å². The van der Waals surface area contributed by atoms with E-state index in [1.165, 1.54) is 17.4 Å². The summed E-state index contributed by atoms with van der Waals surface area (Å²) in [5.74, 6) is 0. The number of nitrogens with zero attached hydrogens (tertiary/aromatic N) is 2. The lowest BCUT2D eigenvalue weighted by Gasteiger charge is -2.16. The molecule has 1 atom stereocenters. The van der Waals surface area contributed by atoms with Gasteiger partial charge in [-0.1, -0.05) is 0 Å². The monoisotopic (exact) mass is 274 g/mol. The summed E-state index contributed by atoms with van der Waals surface area (Å²) in [5, 5.41) is 21.0. The fourth-order valence-electron chi connectivity index (χ4n) is 1.45. The van der Waals surface area contributed by atoms with Crippen molar-refractivity contribution < 1.29 is 14.8 Å². The molecule has 7 heteroatoms. The second-order valence-electron chi connectivity index (χ2n) is 3.89. The van der Waals surface area contributed by atoms with Crippen LogP contribution in [0.5, 0.6) is 0 Å². The van der Waals surface area contributed by atoms with E-state index in [0.29, 0.717) is 29.6 Å². The molecule has 0 aliphatic carbocycles. The molecular weight excluding hydrogens is 256 g/mol. The third-order valence-corrected chi connectivity index (χ3v) is 3.85. The van der Waals surface area contributed by atoms with Crippen LogP contribution in [0.3, 0.4) is 0 Å². The Hall–Kier alpha value is -1.18. The van der Waals surface area contributed by atoms with Gasteiger partial charge < -0.3 is 14.7 Å². The van der Waals surface area contributed by atoms with E-state index in [1.54, 1.807) is 18.9 Å². The highest BCUT2D eigenvalue weighted by Crippen LogP contribution is 2.39. The van der Waals surface area contributed by atoms with Gasteiger partial charge in [-0.3, -0.25) is 10.1 Å². The van der Waals surface area contributed by atoms with Crippen LogP contribution in [0.25, 0.3) is 0 Å². The molecule has 0 saturated carbocycles. The number of aliphatic hydroxyl groups excluding tert-OH is 1. The third kappa shape index (κ3) is 3.66. The molecule has 0 radical (unpaired) electrons. The van der Waals surface area contributed by atoms with Crippen molar-refractivity contribution in [2.24, 2.45) is 0 Å². The Labute approximate surface area is 110 Å². The summed E-state index contributed by atoms with van der Waals surface area (Å²) in [6.07, 6.45) is -0.692. The molecule has 0 fully saturated rings. The Bertz CT molecular complexity index is 406. The number of hydrogen-bond donors (Lipinski definition) is 1. The first-order chi connectivity index (χ1) is 8.47. The standard InChI is InChI=1S/C11H18N2O4S/c1-4-17-6-5-12(3)11-9(13(15)16)7-10(18-11)8(2)14/h7-8,14H,4-6H2,1-3H3/t8-/m0/s1. The molecule has 1 rings (SSSR count). The molecule has 1 N–H and O–H groups in total. The minimum Gasteiger partial charge on any atom is -0.388 e. The minimum atomic E-state index is -0.692. The van der Waals surface area contributed by atoms with Gasteiger partial charge in [0.15, 0.2) is 5.00 Å². The Morgan fingerprint density at radius 3 is 2.83 bits per heavy atom. The van der Waals surface area contributed by atoms with Crippen LogP contribution in [0.4, 0.5) is 10.7 Å². The van der Waals surface area contributed by atoms with Gasteiger partial charge in [-0.15, -0.1) is 11.3 Å². The summed E-state index contributed by atoms with van der Waals surface area (Å²) in [7, 11) is 1.78. The molecule has 0 aliphatic heterocycles. The molecule has 0 bridgehead atoms. The Morgan fingerprint density at radius 2 is 2.33 bits per heavy atom. The molecule has 102 valence electrons. The summed E-state index contributed by atoms with van der Waals surface area (Å²) >= 11 is 1.24. The third-order valence-electron chi connectivity index (χ3n) is 2.44. The lowest BCUT2D eigenvalue weighted by Crippen LogP contribution is -2.22. The number of anilines is 1. The maximum Gasteiger partial charge on any atom is 0.304 e. The molecule has 1 aromatic rings. The number of rotatable bonds is 7. The smallest absolute Gasteiger partial charge is 0.304 e.